The Morgan fingerprint density at radius 3 is 2.70 bits per heavy atom. The van der Waals surface area contributed by atoms with Gasteiger partial charge in [0.1, 0.15) is 18.1 Å². The first kappa shape index (κ1) is 15.0. The monoisotopic (exact) mass is 312 g/mol. The Balaban J connectivity index is 1.74. The SMILES string of the molecule is O=C(Nc1ccccc1)[C@H]1CCCN1c1ccc([N+](=O)[O-])cn1. The molecule has 2 aromatic rings. The van der Waals surface area contributed by atoms with E-state index in [2.05, 4.69) is 10.3 Å². The van der Waals surface area contributed by atoms with Gasteiger partial charge in [0.25, 0.3) is 5.69 Å². The molecule has 1 aliphatic heterocycles. The largest absolute Gasteiger partial charge is 0.345 e. The molecule has 0 saturated carbocycles. The summed E-state index contributed by atoms with van der Waals surface area (Å²) >= 11 is 0. The predicted octanol–water partition coefficient (Wildman–Crippen LogP) is 2.60. The summed E-state index contributed by atoms with van der Waals surface area (Å²) in [5, 5.41) is 13.6. The molecule has 1 aromatic carbocycles. The second-order valence-corrected chi connectivity index (χ2v) is 5.34. The number of nitrogens with zero attached hydrogens (tertiary/aromatic N) is 3. The van der Waals surface area contributed by atoms with Crippen LogP contribution in [0.1, 0.15) is 12.8 Å². The number of hydrogen-bond acceptors (Lipinski definition) is 5. The van der Waals surface area contributed by atoms with Crippen LogP contribution < -0.4 is 10.2 Å². The van der Waals surface area contributed by atoms with E-state index < -0.39 is 4.92 Å². The van der Waals surface area contributed by atoms with Crippen LogP contribution in [0, 0.1) is 10.1 Å². The molecule has 118 valence electrons. The molecule has 1 aromatic heterocycles. The van der Waals surface area contributed by atoms with Crippen molar-refractivity contribution in [2.24, 2.45) is 0 Å². The lowest BCUT2D eigenvalue weighted by Gasteiger charge is -2.24. The van der Waals surface area contributed by atoms with E-state index in [1.807, 2.05) is 35.2 Å². The molecule has 1 saturated heterocycles. The van der Waals surface area contributed by atoms with Crippen LogP contribution in [0.5, 0.6) is 0 Å². The minimum absolute atomic E-state index is 0.0572. The van der Waals surface area contributed by atoms with Crippen LogP contribution in [0.3, 0.4) is 0 Å². The molecule has 23 heavy (non-hydrogen) atoms. The molecule has 0 aliphatic carbocycles. The van der Waals surface area contributed by atoms with Crippen LogP contribution >= 0.6 is 0 Å². The van der Waals surface area contributed by atoms with Crippen LogP contribution in [0.15, 0.2) is 48.7 Å². The maximum atomic E-state index is 12.5. The van der Waals surface area contributed by atoms with Gasteiger partial charge in [0.05, 0.1) is 4.92 Å². The highest BCUT2D eigenvalue weighted by Gasteiger charge is 2.31. The number of nitro groups is 1. The van der Waals surface area contributed by atoms with Crippen molar-refractivity contribution in [3.8, 4) is 0 Å². The Hall–Kier alpha value is -2.96. The van der Waals surface area contributed by atoms with Gasteiger partial charge in [-0.1, -0.05) is 18.2 Å². The van der Waals surface area contributed by atoms with Gasteiger partial charge in [0.15, 0.2) is 0 Å². The Morgan fingerprint density at radius 1 is 1.26 bits per heavy atom. The molecular weight excluding hydrogens is 296 g/mol. The molecule has 1 amide bonds. The average molecular weight is 312 g/mol. The van der Waals surface area contributed by atoms with Gasteiger partial charge >= 0.3 is 0 Å². The fraction of sp³-hybridized carbons (Fsp3) is 0.250. The summed E-state index contributed by atoms with van der Waals surface area (Å²) < 4.78 is 0. The minimum Gasteiger partial charge on any atom is -0.345 e. The molecule has 7 heteroatoms. The van der Waals surface area contributed by atoms with Crippen LogP contribution in [-0.4, -0.2) is 28.4 Å². The van der Waals surface area contributed by atoms with Crippen molar-refractivity contribution in [1.82, 2.24) is 4.98 Å². The van der Waals surface area contributed by atoms with Gasteiger partial charge in [-0.05, 0) is 31.0 Å². The van der Waals surface area contributed by atoms with Crippen molar-refractivity contribution in [3.05, 3.63) is 58.8 Å². The van der Waals surface area contributed by atoms with Gasteiger partial charge in [-0.25, -0.2) is 4.98 Å². The number of carbonyl (C=O) groups is 1. The molecule has 1 fully saturated rings. The lowest BCUT2D eigenvalue weighted by Crippen LogP contribution is -2.40. The van der Waals surface area contributed by atoms with Crippen molar-refractivity contribution in [2.75, 3.05) is 16.8 Å². The zero-order valence-electron chi connectivity index (χ0n) is 12.4. The quantitative estimate of drug-likeness (QED) is 0.692. The number of para-hydroxylation sites is 1. The molecule has 2 heterocycles. The number of aromatic nitrogens is 1. The Bertz CT molecular complexity index is 703. The van der Waals surface area contributed by atoms with E-state index >= 15 is 0 Å². The van der Waals surface area contributed by atoms with Gasteiger partial charge in [-0.3, -0.25) is 14.9 Å². The standard InChI is InChI=1S/C16H16N4O3/c21-16(18-12-5-2-1-3-6-12)14-7-4-10-19(14)15-9-8-13(11-17-15)20(22)23/h1-3,5-6,8-9,11,14H,4,7,10H2,(H,18,21)/t14-/m1/s1. The van der Waals surface area contributed by atoms with E-state index in [-0.39, 0.29) is 17.6 Å². The van der Waals surface area contributed by atoms with Gasteiger partial charge in [0, 0.05) is 18.3 Å². The van der Waals surface area contributed by atoms with E-state index in [0.717, 1.165) is 18.5 Å². The van der Waals surface area contributed by atoms with Crippen LogP contribution in [-0.2, 0) is 4.79 Å². The number of carbonyl (C=O) groups excluding carboxylic acids is 1. The molecule has 0 spiro atoms. The maximum absolute atomic E-state index is 12.5. The zero-order chi connectivity index (χ0) is 16.2. The first-order valence-corrected chi connectivity index (χ1v) is 7.38. The summed E-state index contributed by atoms with van der Waals surface area (Å²) in [5.74, 6) is 0.496. The topological polar surface area (TPSA) is 88.4 Å². The Labute approximate surface area is 133 Å². The van der Waals surface area contributed by atoms with Crippen LogP contribution in [0.4, 0.5) is 17.2 Å². The molecule has 1 N–H and O–H groups in total. The summed E-state index contributed by atoms with van der Waals surface area (Å²) in [7, 11) is 0. The second kappa shape index (κ2) is 6.43. The maximum Gasteiger partial charge on any atom is 0.287 e. The van der Waals surface area contributed by atoms with Crippen molar-refractivity contribution >= 4 is 23.1 Å². The predicted molar refractivity (Wildman–Crippen MR) is 86.3 cm³/mol. The summed E-state index contributed by atoms with van der Waals surface area (Å²) in [5.41, 5.74) is 0.694. The third-order valence-corrected chi connectivity index (χ3v) is 3.83. The van der Waals surface area contributed by atoms with Gasteiger partial charge in [-0.2, -0.15) is 0 Å². The highest BCUT2D eigenvalue weighted by Crippen LogP contribution is 2.26. The van der Waals surface area contributed by atoms with E-state index in [4.69, 9.17) is 0 Å². The van der Waals surface area contributed by atoms with Gasteiger partial charge in [-0.15, -0.1) is 0 Å². The minimum atomic E-state index is -0.486. The highest BCUT2D eigenvalue weighted by molar-refractivity contribution is 5.97. The molecule has 1 aliphatic rings. The van der Waals surface area contributed by atoms with Crippen molar-refractivity contribution in [2.45, 2.75) is 18.9 Å². The molecule has 0 bridgehead atoms. The van der Waals surface area contributed by atoms with Gasteiger partial charge < -0.3 is 10.2 Å². The number of nitrogens with one attached hydrogen (secondary N) is 1. The molecule has 7 nitrogen and oxygen atoms in total. The fourth-order valence-corrected chi connectivity index (χ4v) is 2.72. The third kappa shape index (κ3) is 3.28. The van der Waals surface area contributed by atoms with Crippen LogP contribution in [0.2, 0.25) is 0 Å². The first-order valence-electron chi connectivity index (χ1n) is 7.38. The first-order chi connectivity index (χ1) is 11.1. The lowest BCUT2D eigenvalue weighted by atomic mass is 10.2. The van der Waals surface area contributed by atoms with Crippen molar-refractivity contribution < 1.29 is 9.72 Å². The van der Waals surface area contributed by atoms with E-state index in [1.54, 1.807) is 6.07 Å². The average Bonchev–Trinajstić information content (AvgIpc) is 3.05. The second-order valence-electron chi connectivity index (χ2n) is 5.34. The number of rotatable bonds is 4. The smallest absolute Gasteiger partial charge is 0.287 e. The highest BCUT2D eigenvalue weighted by atomic mass is 16.6. The van der Waals surface area contributed by atoms with Crippen molar-refractivity contribution in [1.29, 1.82) is 0 Å². The van der Waals surface area contributed by atoms with Crippen LogP contribution in [0.25, 0.3) is 0 Å². The fourth-order valence-electron chi connectivity index (χ4n) is 2.72. The summed E-state index contributed by atoms with van der Waals surface area (Å²) in [4.78, 5) is 28.7. The lowest BCUT2D eigenvalue weighted by molar-refractivity contribution is -0.385. The molecule has 0 unspecified atom stereocenters. The van der Waals surface area contributed by atoms with E-state index in [0.29, 0.717) is 12.4 Å². The van der Waals surface area contributed by atoms with E-state index in [1.165, 1.54) is 12.3 Å². The normalized spacial score (nSPS) is 17.0. The number of hydrogen-bond donors (Lipinski definition) is 1. The third-order valence-electron chi connectivity index (χ3n) is 3.83. The Morgan fingerprint density at radius 2 is 2.04 bits per heavy atom. The molecule has 1 atom stereocenters. The zero-order valence-corrected chi connectivity index (χ0v) is 12.4. The number of pyridine rings is 1. The Kier molecular flexibility index (Phi) is 4.18. The summed E-state index contributed by atoms with van der Waals surface area (Å²) in [6.07, 6.45) is 2.84. The van der Waals surface area contributed by atoms with E-state index in [9.17, 15) is 14.9 Å². The molecule has 0 radical (unpaired) electrons. The number of amides is 1. The van der Waals surface area contributed by atoms with Crippen molar-refractivity contribution in [3.63, 3.8) is 0 Å². The van der Waals surface area contributed by atoms with Gasteiger partial charge in [0.2, 0.25) is 5.91 Å². The molecule has 3 rings (SSSR count). The summed E-state index contributed by atoms with van der Waals surface area (Å²) in [6.45, 7) is 0.706. The number of benzene rings is 1. The molecular formula is C16H16N4O3. The number of anilines is 2. The summed E-state index contributed by atoms with van der Waals surface area (Å²) in [6, 6.07) is 12.0.